The van der Waals surface area contributed by atoms with Crippen LogP contribution in [0, 0.1) is 0 Å². The van der Waals surface area contributed by atoms with Gasteiger partial charge in [-0.3, -0.25) is 9.36 Å². The number of halogens is 2. The molecule has 2 heterocycles. The monoisotopic (exact) mass is 455 g/mol. The quantitative estimate of drug-likeness (QED) is 0.401. The van der Waals surface area contributed by atoms with Gasteiger partial charge in [-0.2, -0.15) is 0 Å². The number of hydrogen-bond donors (Lipinski definition) is 2. The van der Waals surface area contributed by atoms with Crippen molar-refractivity contribution in [2.45, 2.75) is 0 Å². The van der Waals surface area contributed by atoms with E-state index in [1.54, 1.807) is 30.5 Å². The lowest BCUT2D eigenvalue weighted by atomic mass is 10.2. The molecule has 0 unspecified atom stereocenters. The van der Waals surface area contributed by atoms with Gasteiger partial charge in [0, 0.05) is 24.6 Å². The molecule has 0 saturated heterocycles. The summed E-state index contributed by atoms with van der Waals surface area (Å²) in [5, 5.41) is 7.28. The van der Waals surface area contributed by atoms with Gasteiger partial charge in [0.05, 0.1) is 26.6 Å². The van der Waals surface area contributed by atoms with Crippen molar-refractivity contribution >= 4 is 45.7 Å². The standard InChI is InChI=1S/C22H19Cl2N5O2/c1-25-10-12-31-15-7-5-14(6-8-15)27-22-26-13-16-19(28-22)9-11-29(21(16)30)20-17(23)3-2-4-18(20)24/h2-9,11,13,25H,10,12H2,1H3,(H,26,27,28). The number of hydrogen-bond acceptors (Lipinski definition) is 6. The Labute approximate surface area is 188 Å². The lowest BCUT2D eigenvalue weighted by molar-refractivity contribution is 0.318. The SMILES string of the molecule is CNCCOc1ccc(Nc2ncc3c(=O)n(-c4c(Cl)cccc4Cl)ccc3n2)cc1. The number of nitrogens with one attached hydrogen (secondary N) is 2. The van der Waals surface area contributed by atoms with E-state index in [0.29, 0.717) is 39.2 Å². The molecule has 0 amide bonds. The summed E-state index contributed by atoms with van der Waals surface area (Å²) in [5.41, 5.74) is 1.43. The van der Waals surface area contributed by atoms with Gasteiger partial charge >= 0.3 is 0 Å². The molecule has 2 N–H and O–H groups in total. The first kappa shape index (κ1) is 21.1. The number of anilines is 2. The van der Waals surface area contributed by atoms with E-state index >= 15 is 0 Å². The van der Waals surface area contributed by atoms with Crippen molar-refractivity contribution in [2.24, 2.45) is 0 Å². The average molecular weight is 456 g/mol. The summed E-state index contributed by atoms with van der Waals surface area (Å²) in [4.78, 5) is 21.7. The summed E-state index contributed by atoms with van der Waals surface area (Å²) in [6, 6.07) is 14.3. The summed E-state index contributed by atoms with van der Waals surface area (Å²) in [5.74, 6) is 1.16. The van der Waals surface area contributed by atoms with E-state index < -0.39 is 0 Å². The van der Waals surface area contributed by atoms with Crippen molar-refractivity contribution in [1.29, 1.82) is 0 Å². The normalized spacial score (nSPS) is 10.9. The second-order valence-corrected chi connectivity index (χ2v) is 7.47. The van der Waals surface area contributed by atoms with Crippen LogP contribution in [0.25, 0.3) is 16.6 Å². The first-order chi connectivity index (χ1) is 15.1. The first-order valence-corrected chi connectivity index (χ1v) is 10.3. The Morgan fingerprint density at radius 2 is 1.81 bits per heavy atom. The predicted octanol–water partition coefficient (Wildman–Crippen LogP) is 4.43. The van der Waals surface area contributed by atoms with Crippen LogP contribution in [-0.2, 0) is 0 Å². The third kappa shape index (κ3) is 4.64. The maximum Gasteiger partial charge on any atom is 0.266 e. The lowest BCUT2D eigenvalue weighted by Crippen LogP contribution is -2.19. The predicted molar refractivity (Wildman–Crippen MR) is 124 cm³/mol. The van der Waals surface area contributed by atoms with Crippen LogP contribution in [0.5, 0.6) is 5.75 Å². The number of nitrogens with zero attached hydrogens (tertiary/aromatic N) is 3. The zero-order valence-corrected chi connectivity index (χ0v) is 18.1. The molecule has 158 valence electrons. The number of para-hydroxylation sites is 1. The highest BCUT2D eigenvalue weighted by Gasteiger charge is 2.13. The first-order valence-electron chi connectivity index (χ1n) is 9.54. The minimum Gasteiger partial charge on any atom is -0.492 e. The fourth-order valence-corrected chi connectivity index (χ4v) is 3.60. The van der Waals surface area contributed by atoms with E-state index in [2.05, 4.69) is 20.6 Å². The molecule has 7 nitrogen and oxygen atoms in total. The molecule has 0 saturated carbocycles. The largest absolute Gasteiger partial charge is 0.492 e. The van der Waals surface area contributed by atoms with Gasteiger partial charge in [0.25, 0.3) is 5.56 Å². The van der Waals surface area contributed by atoms with Crippen LogP contribution in [0.2, 0.25) is 10.0 Å². The van der Waals surface area contributed by atoms with Gasteiger partial charge in [-0.15, -0.1) is 0 Å². The molecule has 0 aliphatic rings. The fraction of sp³-hybridized carbons (Fsp3) is 0.136. The molecule has 4 aromatic rings. The minimum absolute atomic E-state index is 0.304. The van der Waals surface area contributed by atoms with Gasteiger partial charge in [0.2, 0.25) is 5.95 Å². The summed E-state index contributed by atoms with van der Waals surface area (Å²) in [6.45, 7) is 1.36. The molecular weight excluding hydrogens is 437 g/mol. The Balaban J connectivity index is 1.59. The van der Waals surface area contributed by atoms with E-state index in [-0.39, 0.29) is 5.56 Å². The minimum atomic E-state index is -0.304. The average Bonchev–Trinajstić information content (AvgIpc) is 2.76. The fourth-order valence-electron chi connectivity index (χ4n) is 3.02. The molecule has 2 aromatic heterocycles. The van der Waals surface area contributed by atoms with Gasteiger partial charge in [-0.05, 0) is 49.5 Å². The third-order valence-corrected chi connectivity index (χ3v) is 5.17. The Bertz CT molecular complexity index is 1260. The Morgan fingerprint density at radius 1 is 1.06 bits per heavy atom. The summed E-state index contributed by atoms with van der Waals surface area (Å²) >= 11 is 12.5. The molecule has 0 fully saturated rings. The summed E-state index contributed by atoms with van der Waals surface area (Å²) < 4.78 is 7.01. The van der Waals surface area contributed by atoms with Crippen LogP contribution < -0.4 is 20.9 Å². The van der Waals surface area contributed by atoms with Gasteiger partial charge in [0.15, 0.2) is 0 Å². The van der Waals surface area contributed by atoms with Gasteiger partial charge in [-0.1, -0.05) is 29.3 Å². The maximum atomic E-state index is 13.0. The molecule has 0 bridgehead atoms. The molecule has 0 aliphatic heterocycles. The van der Waals surface area contributed by atoms with Crippen LogP contribution in [0.4, 0.5) is 11.6 Å². The number of fused-ring (bicyclic) bond motifs is 1. The van der Waals surface area contributed by atoms with E-state index in [4.69, 9.17) is 27.9 Å². The Hall–Kier alpha value is -3.13. The lowest BCUT2D eigenvalue weighted by Gasteiger charge is -2.11. The molecule has 2 aromatic carbocycles. The van der Waals surface area contributed by atoms with E-state index in [1.165, 1.54) is 10.8 Å². The highest BCUT2D eigenvalue weighted by atomic mass is 35.5. The van der Waals surface area contributed by atoms with Crippen LogP contribution in [0.3, 0.4) is 0 Å². The van der Waals surface area contributed by atoms with Crippen molar-refractivity contribution in [2.75, 3.05) is 25.5 Å². The van der Waals surface area contributed by atoms with Crippen molar-refractivity contribution in [3.8, 4) is 11.4 Å². The number of benzene rings is 2. The van der Waals surface area contributed by atoms with Crippen molar-refractivity contribution < 1.29 is 4.74 Å². The Morgan fingerprint density at radius 3 is 2.52 bits per heavy atom. The molecule has 0 spiro atoms. The third-order valence-electron chi connectivity index (χ3n) is 4.56. The van der Waals surface area contributed by atoms with Crippen molar-refractivity contribution in [1.82, 2.24) is 19.9 Å². The number of rotatable bonds is 7. The molecule has 4 rings (SSSR count). The summed E-state index contributed by atoms with van der Waals surface area (Å²) in [6.07, 6.45) is 3.09. The second-order valence-electron chi connectivity index (χ2n) is 6.66. The molecular formula is C22H19Cl2N5O2. The number of likely N-dealkylation sites (N-methyl/N-ethyl adjacent to an activating group) is 1. The van der Waals surface area contributed by atoms with Gasteiger partial charge < -0.3 is 15.4 Å². The van der Waals surface area contributed by atoms with Crippen LogP contribution in [0.1, 0.15) is 0 Å². The molecule has 0 atom stereocenters. The van der Waals surface area contributed by atoms with Crippen LogP contribution in [0.15, 0.2) is 65.7 Å². The van der Waals surface area contributed by atoms with Crippen LogP contribution >= 0.6 is 23.2 Å². The van der Waals surface area contributed by atoms with Gasteiger partial charge in [0.1, 0.15) is 12.4 Å². The zero-order chi connectivity index (χ0) is 21.8. The molecule has 0 radical (unpaired) electrons. The second kappa shape index (κ2) is 9.34. The van der Waals surface area contributed by atoms with Crippen molar-refractivity contribution in [3.63, 3.8) is 0 Å². The highest BCUT2D eigenvalue weighted by Crippen LogP contribution is 2.27. The topological polar surface area (TPSA) is 81.1 Å². The van der Waals surface area contributed by atoms with Gasteiger partial charge in [-0.25, -0.2) is 9.97 Å². The highest BCUT2D eigenvalue weighted by molar-refractivity contribution is 6.37. The van der Waals surface area contributed by atoms with E-state index in [0.717, 1.165) is 18.0 Å². The molecule has 0 aliphatic carbocycles. The molecule has 31 heavy (non-hydrogen) atoms. The van der Waals surface area contributed by atoms with Crippen molar-refractivity contribution in [3.05, 3.63) is 81.3 Å². The smallest absolute Gasteiger partial charge is 0.266 e. The zero-order valence-electron chi connectivity index (χ0n) is 16.6. The van der Waals surface area contributed by atoms with E-state index in [1.807, 2.05) is 31.3 Å². The van der Waals surface area contributed by atoms with E-state index in [9.17, 15) is 4.79 Å². The van der Waals surface area contributed by atoms with Crippen LogP contribution in [-0.4, -0.2) is 34.7 Å². The number of pyridine rings is 1. The Kier molecular flexibility index (Phi) is 6.36. The number of ether oxygens (including phenoxy) is 1. The summed E-state index contributed by atoms with van der Waals surface area (Å²) in [7, 11) is 1.88. The maximum absolute atomic E-state index is 13.0. The molecule has 9 heteroatoms. The number of aromatic nitrogens is 3.